The summed E-state index contributed by atoms with van der Waals surface area (Å²) in [4.78, 5) is 0. The average Bonchev–Trinajstić information content (AvgIpc) is 2.37. The van der Waals surface area contributed by atoms with Crippen molar-refractivity contribution in [3.05, 3.63) is 40.3 Å². The van der Waals surface area contributed by atoms with Crippen LogP contribution in [0.25, 0.3) is 5.57 Å². The van der Waals surface area contributed by atoms with Gasteiger partial charge in [0.1, 0.15) is 10.2 Å². The Bertz CT molecular complexity index is 585. The largest absolute Gasteiger partial charge is 0.633 e. The zero-order valence-corrected chi connectivity index (χ0v) is 20.5. The van der Waals surface area contributed by atoms with Crippen molar-refractivity contribution in [3.8, 4) is 0 Å². The molecule has 1 rings (SSSR count). The lowest BCUT2D eigenvalue weighted by molar-refractivity contribution is 0.264. The minimum absolute atomic E-state index is 0.703. The number of allylic oxidation sites excluding steroid dienone is 1. The van der Waals surface area contributed by atoms with Gasteiger partial charge in [-0.05, 0) is 82.3 Å². The Balaban J connectivity index is 3.08. The molecule has 0 heterocycles. The molecule has 0 aliphatic rings. The summed E-state index contributed by atoms with van der Waals surface area (Å²) in [7, 11) is -1.64. The van der Waals surface area contributed by atoms with E-state index in [-0.39, 0.29) is 0 Å². The van der Waals surface area contributed by atoms with Crippen LogP contribution in [0, 0.1) is 13.8 Å². The molecule has 0 N–H and O–H groups in total. The molecule has 7 heteroatoms. The van der Waals surface area contributed by atoms with E-state index >= 15 is 0 Å². The van der Waals surface area contributed by atoms with E-state index in [0.717, 1.165) is 5.57 Å². The van der Waals surface area contributed by atoms with Crippen molar-refractivity contribution in [2.45, 2.75) is 60.1 Å². The molecular formula is C17H30O3Si4. The molecule has 132 valence electrons. The van der Waals surface area contributed by atoms with E-state index in [9.17, 15) is 0 Å². The van der Waals surface area contributed by atoms with Crippen LogP contribution in [-0.2, 0) is 12.7 Å². The van der Waals surface area contributed by atoms with Gasteiger partial charge in [0.25, 0.3) is 0 Å². The fourth-order valence-corrected chi connectivity index (χ4v) is 7.58. The summed E-state index contributed by atoms with van der Waals surface area (Å²) < 4.78 is 18.5. The van der Waals surface area contributed by atoms with Crippen LogP contribution in [0.2, 0.25) is 39.3 Å². The minimum atomic E-state index is -1.82. The zero-order valence-electron chi connectivity index (χ0n) is 16.5. The fourth-order valence-electron chi connectivity index (χ4n) is 2.00. The fraction of sp³-hybridized carbons (Fsp3) is 0.529. The van der Waals surface area contributed by atoms with E-state index in [4.69, 9.17) is 12.7 Å². The first kappa shape index (κ1) is 21.6. The average molecular weight is 395 g/mol. The Labute approximate surface area is 155 Å². The van der Waals surface area contributed by atoms with Crippen molar-refractivity contribution in [3.63, 3.8) is 0 Å². The number of rotatable bonds is 7. The van der Waals surface area contributed by atoms with Gasteiger partial charge in [-0.3, -0.25) is 0 Å². The molecule has 24 heavy (non-hydrogen) atoms. The second-order valence-electron chi connectivity index (χ2n) is 7.98. The maximum Gasteiger partial charge on any atom is 0.633 e. The third-order valence-corrected chi connectivity index (χ3v) is 10.6. The maximum atomic E-state index is 6.19. The minimum Gasteiger partial charge on any atom is -0.508 e. The van der Waals surface area contributed by atoms with Crippen LogP contribution < -0.4 is 0 Å². The third-order valence-electron chi connectivity index (χ3n) is 3.31. The Morgan fingerprint density at radius 2 is 1.46 bits per heavy atom. The highest BCUT2D eigenvalue weighted by Gasteiger charge is 2.34. The van der Waals surface area contributed by atoms with Gasteiger partial charge < -0.3 is 12.7 Å². The number of hydrogen-bond acceptors (Lipinski definition) is 3. The van der Waals surface area contributed by atoms with Crippen molar-refractivity contribution in [1.82, 2.24) is 0 Å². The van der Waals surface area contributed by atoms with E-state index < -0.39 is 26.2 Å². The molecule has 0 aromatic heterocycles. The van der Waals surface area contributed by atoms with Gasteiger partial charge in [-0.25, -0.2) is 0 Å². The topological polar surface area (TPSA) is 27.7 Å². The Morgan fingerprint density at radius 1 is 0.958 bits per heavy atom. The van der Waals surface area contributed by atoms with E-state index in [1.165, 1.54) is 16.7 Å². The van der Waals surface area contributed by atoms with Crippen LogP contribution in [0.1, 0.15) is 23.6 Å². The lowest BCUT2D eigenvalue weighted by Crippen LogP contribution is -2.45. The Kier molecular flexibility index (Phi) is 7.45. The highest BCUT2D eigenvalue weighted by Crippen LogP contribution is 2.24. The SMILES string of the molecule is CC(=C([Si])O[Si](O[Si](C)(C)C)O[Si](C)(C)C)c1cccc(C)c1C. The van der Waals surface area contributed by atoms with Crippen LogP contribution >= 0.6 is 0 Å². The second kappa shape index (κ2) is 8.28. The molecule has 0 saturated heterocycles. The zero-order chi connectivity index (χ0) is 18.7. The van der Waals surface area contributed by atoms with Crippen LogP contribution in [0.3, 0.4) is 0 Å². The molecule has 1 aromatic carbocycles. The van der Waals surface area contributed by atoms with Gasteiger partial charge in [0.2, 0.25) is 0 Å². The van der Waals surface area contributed by atoms with Crippen LogP contribution in [-0.4, -0.2) is 36.4 Å². The summed E-state index contributed by atoms with van der Waals surface area (Å²) in [5.41, 5.74) is 4.78. The first-order valence-electron chi connectivity index (χ1n) is 8.22. The van der Waals surface area contributed by atoms with Gasteiger partial charge in [-0.2, -0.15) is 0 Å². The Hall–Kier alpha value is -0.452. The standard InChI is InChI=1S/C17H30O3Si4/c1-13-11-10-12-16(14(13)2)15(3)17(21)18-22(19-23(4,5)6)20-24(7,8)9/h10-12H,1-9H3. The molecule has 0 aliphatic heterocycles. The van der Waals surface area contributed by atoms with Gasteiger partial charge >= 0.3 is 9.53 Å². The summed E-state index contributed by atoms with van der Waals surface area (Å²) in [6, 6.07) is 6.31. The molecule has 4 radical (unpaired) electrons. The van der Waals surface area contributed by atoms with Gasteiger partial charge in [-0.1, -0.05) is 18.2 Å². The predicted molar refractivity (Wildman–Crippen MR) is 110 cm³/mol. The van der Waals surface area contributed by atoms with Crippen LogP contribution in [0.4, 0.5) is 0 Å². The molecule has 3 nitrogen and oxygen atoms in total. The number of aryl methyl sites for hydroxylation is 1. The molecule has 0 atom stereocenters. The monoisotopic (exact) mass is 394 g/mol. The van der Waals surface area contributed by atoms with E-state index in [1.54, 1.807) is 0 Å². The molecule has 0 saturated carbocycles. The maximum absolute atomic E-state index is 6.19. The van der Waals surface area contributed by atoms with E-state index in [0.29, 0.717) is 5.38 Å². The predicted octanol–water partition coefficient (Wildman–Crippen LogP) is 4.86. The molecule has 0 spiro atoms. The second-order valence-corrected chi connectivity index (χ2v) is 19.2. The van der Waals surface area contributed by atoms with E-state index in [2.05, 4.69) is 88.5 Å². The lowest BCUT2D eigenvalue weighted by Gasteiger charge is -2.29. The summed E-state index contributed by atoms with van der Waals surface area (Å²) in [6.07, 6.45) is 0. The lowest BCUT2D eigenvalue weighted by atomic mass is 9.99. The van der Waals surface area contributed by atoms with Gasteiger partial charge in [0, 0.05) is 0 Å². The summed E-state index contributed by atoms with van der Waals surface area (Å²) in [6.45, 7) is 19.3. The molecule has 0 amide bonds. The highest BCUT2D eigenvalue weighted by molar-refractivity contribution is 6.79. The van der Waals surface area contributed by atoms with Crippen molar-refractivity contribution in [2.24, 2.45) is 0 Å². The Morgan fingerprint density at radius 3 is 1.92 bits per heavy atom. The van der Waals surface area contributed by atoms with Gasteiger partial charge in [0.15, 0.2) is 16.6 Å². The molecule has 0 unspecified atom stereocenters. The van der Waals surface area contributed by atoms with Crippen molar-refractivity contribution in [1.29, 1.82) is 0 Å². The molecule has 1 aromatic rings. The number of benzene rings is 1. The highest BCUT2D eigenvalue weighted by atomic mass is 28.5. The summed E-state index contributed by atoms with van der Waals surface area (Å²) in [5, 5.41) is 0.703. The third kappa shape index (κ3) is 7.20. The summed E-state index contributed by atoms with van der Waals surface area (Å²) >= 11 is 0. The van der Waals surface area contributed by atoms with E-state index in [1.807, 2.05) is 0 Å². The normalized spacial score (nSPS) is 14.0. The van der Waals surface area contributed by atoms with Crippen molar-refractivity contribution in [2.75, 3.05) is 0 Å². The van der Waals surface area contributed by atoms with Crippen LogP contribution in [0.5, 0.6) is 0 Å². The smallest absolute Gasteiger partial charge is 0.508 e. The van der Waals surface area contributed by atoms with Crippen molar-refractivity contribution < 1.29 is 12.7 Å². The van der Waals surface area contributed by atoms with Gasteiger partial charge in [0.05, 0.1) is 5.38 Å². The summed E-state index contributed by atoms with van der Waals surface area (Å²) in [5.74, 6) is 0. The quantitative estimate of drug-likeness (QED) is 0.488. The molecule has 0 bridgehead atoms. The molecule has 0 aliphatic carbocycles. The molecule has 0 fully saturated rings. The first-order valence-corrected chi connectivity index (χ1v) is 16.8. The van der Waals surface area contributed by atoms with Crippen LogP contribution in [0.15, 0.2) is 23.6 Å². The first-order chi connectivity index (χ1) is 10.8. The number of hydrogen-bond donors (Lipinski definition) is 0. The molecular weight excluding hydrogens is 365 g/mol. The van der Waals surface area contributed by atoms with Crippen molar-refractivity contribution >= 4 is 42.0 Å². The van der Waals surface area contributed by atoms with Gasteiger partial charge in [-0.15, -0.1) is 0 Å².